The van der Waals surface area contributed by atoms with Gasteiger partial charge in [0.25, 0.3) is 5.69 Å². The van der Waals surface area contributed by atoms with Crippen LogP contribution in [-0.2, 0) is 6.42 Å². The fourth-order valence-electron chi connectivity index (χ4n) is 3.08. The quantitative estimate of drug-likeness (QED) is 0.662. The Labute approximate surface area is 127 Å². The zero-order valence-corrected chi connectivity index (χ0v) is 13.2. The topological polar surface area (TPSA) is 63.4 Å². The Balaban J connectivity index is 2.16. The molecule has 5 heteroatoms. The van der Waals surface area contributed by atoms with Gasteiger partial charge in [-0.05, 0) is 59.0 Å². The first-order chi connectivity index (χ1) is 9.52. The lowest BCUT2D eigenvalue weighted by molar-refractivity contribution is -0.385. The van der Waals surface area contributed by atoms with Crippen LogP contribution in [0.5, 0.6) is 0 Å². The number of nitro groups is 1. The van der Waals surface area contributed by atoms with Crippen LogP contribution in [0.2, 0.25) is 0 Å². The molecule has 0 aromatic heterocycles. The van der Waals surface area contributed by atoms with Gasteiger partial charge in [-0.25, -0.2) is 0 Å². The van der Waals surface area contributed by atoms with Gasteiger partial charge in [-0.15, -0.1) is 0 Å². The molecule has 1 N–H and O–H groups in total. The maximum absolute atomic E-state index is 11.0. The molecule has 1 fully saturated rings. The van der Waals surface area contributed by atoms with Gasteiger partial charge in [-0.2, -0.15) is 0 Å². The van der Waals surface area contributed by atoms with Crippen molar-refractivity contribution in [1.82, 2.24) is 0 Å². The first-order valence-electron chi connectivity index (χ1n) is 7.12. The lowest BCUT2D eigenvalue weighted by atomic mass is 9.76. The van der Waals surface area contributed by atoms with E-state index in [1.807, 2.05) is 6.07 Å². The van der Waals surface area contributed by atoms with Crippen LogP contribution < -0.4 is 0 Å². The highest BCUT2D eigenvalue weighted by atomic mass is 79.9. The van der Waals surface area contributed by atoms with Gasteiger partial charge in [-0.1, -0.05) is 25.5 Å². The third-order valence-electron chi connectivity index (χ3n) is 4.37. The Hall–Kier alpha value is -0.940. The number of benzene rings is 1. The maximum Gasteiger partial charge on any atom is 0.283 e. The summed E-state index contributed by atoms with van der Waals surface area (Å²) in [4.78, 5) is 10.6. The van der Waals surface area contributed by atoms with Crippen LogP contribution >= 0.6 is 15.9 Å². The van der Waals surface area contributed by atoms with Crippen LogP contribution in [0.3, 0.4) is 0 Å². The SMILES string of the molecule is CCC1CCC(O)C(Cc2cccc([N+](=O)[O-])c2Br)C1. The lowest BCUT2D eigenvalue weighted by Gasteiger charge is -2.33. The largest absolute Gasteiger partial charge is 0.393 e. The molecule has 2 rings (SSSR count). The number of hydrogen-bond acceptors (Lipinski definition) is 3. The highest BCUT2D eigenvalue weighted by Crippen LogP contribution is 2.36. The van der Waals surface area contributed by atoms with E-state index in [0.717, 1.165) is 31.2 Å². The normalized spacial score (nSPS) is 26.4. The van der Waals surface area contributed by atoms with Crippen molar-refractivity contribution in [3.8, 4) is 0 Å². The fraction of sp³-hybridized carbons (Fsp3) is 0.600. The number of aliphatic hydroxyl groups excluding tert-OH is 1. The van der Waals surface area contributed by atoms with Crippen LogP contribution in [0, 0.1) is 22.0 Å². The van der Waals surface area contributed by atoms with Crippen molar-refractivity contribution in [3.63, 3.8) is 0 Å². The van der Waals surface area contributed by atoms with Gasteiger partial charge in [0.2, 0.25) is 0 Å². The minimum absolute atomic E-state index is 0.0971. The summed E-state index contributed by atoms with van der Waals surface area (Å²) in [5.74, 6) is 0.868. The van der Waals surface area contributed by atoms with Gasteiger partial charge in [0.05, 0.1) is 15.5 Å². The number of halogens is 1. The molecule has 20 heavy (non-hydrogen) atoms. The summed E-state index contributed by atoms with van der Waals surface area (Å²) in [7, 11) is 0. The highest BCUT2D eigenvalue weighted by Gasteiger charge is 2.29. The molecule has 1 saturated carbocycles. The van der Waals surface area contributed by atoms with E-state index in [9.17, 15) is 15.2 Å². The zero-order valence-electron chi connectivity index (χ0n) is 11.6. The Morgan fingerprint density at radius 2 is 2.20 bits per heavy atom. The van der Waals surface area contributed by atoms with E-state index in [1.54, 1.807) is 6.07 Å². The number of nitro benzene ring substituents is 1. The van der Waals surface area contributed by atoms with Crippen LogP contribution in [-0.4, -0.2) is 16.1 Å². The molecular formula is C15H20BrNO3. The fourth-order valence-corrected chi connectivity index (χ4v) is 3.65. The second-order valence-electron chi connectivity index (χ2n) is 5.63. The number of rotatable bonds is 4. The number of hydrogen-bond donors (Lipinski definition) is 1. The molecule has 3 unspecified atom stereocenters. The summed E-state index contributed by atoms with van der Waals surface area (Å²) in [5, 5.41) is 21.1. The highest BCUT2D eigenvalue weighted by molar-refractivity contribution is 9.10. The molecule has 4 nitrogen and oxygen atoms in total. The molecule has 0 spiro atoms. The van der Waals surface area contributed by atoms with Crippen molar-refractivity contribution in [3.05, 3.63) is 38.3 Å². The second-order valence-corrected chi connectivity index (χ2v) is 6.42. The summed E-state index contributed by atoms with van der Waals surface area (Å²) in [6.45, 7) is 2.18. The summed E-state index contributed by atoms with van der Waals surface area (Å²) in [5.41, 5.74) is 1.01. The number of aliphatic hydroxyl groups is 1. The van der Waals surface area contributed by atoms with Gasteiger partial charge in [0.15, 0.2) is 0 Å². The van der Waals surface area contributed by atoms with Crippen molar-refractivity contribution in [1.29, 1.82) is 0 Å². The van der Waals surface area contributed by atoms with E-state index >= 15 is 0 Å². The van der Waals surface area contributed by atoms with Gasteiger partial charge in [0.1, 0.15) is 0 Å². The Bertz CT molecular complexity index is 492. The standard InChI is InChI=1S/C15H20BrNO3/c1-2-10-6-7-14(18)12(8-10)9-11-4-3-5-13(15(11)16)17(19)20/h3-5,10,12,14,18H,2,6-9H2,1H3. The molecule has 1 aliphatic carbocycles. The Morgan fingerprint density at radius 1 is 1.45 bits per heavy atom. The average Bonchev–Trinajstić information content (AvgIpc) is 2.43. The third kappa shape index (κ3) is 3.38. The first-order valence-corrected chi connectivity index (χ1v) is 7.92. The molecule has 0 aliphatic heterocycles. The molecule has 1 aromatic rings. The molecule has 0 amide bonds. The summed E-state index contributed by atoms with van der Waals surface area (Å²) in [6.07, 6.45) is 4.48. The van der Waals surface area contributed by atoms with Gasteiger partial charge in [0, 0.05) is 6.07 Å². The minimum atomic E-state index is -0.375. The van der Waals surface area contributed by atoms with Crippen molar-refractivity contribution >= 4 is 21.6 Å². The van der Waals surface area contributed by atoms with Crippen molar-refractivity contribution in [2.45, 2.75) is 45.1 Å². The molecule has 3 atom stereocenters. The maximum atomic E-state index is 11.0. The van der Waals surface area contributed by atoms with Crippen LogP contribution in [0.15, 0.2) is 22.7 Å². The smallest absolute Gasteiger partial charge is 0.283 e. The van der Waals surface area contributed by atoms with E-state index in [4.69, 9.17) is 0 Å². The van der Waals surface area contributed by atoms with Crippen LogP contribution in [0.25, 0.3) is 0 Å². The van der Waals surface area contributed by atoms with Gasteiger partial charge < -0.3 is 5.11 Å². The van der Waals surface area contributed by atoms with E-state index in [2.05, 4.69) is 22.9 Å². The molecule has 0 saturated heterocycles. The molecule has 1 aliphatic rings. The molecule has 0 heterocycles. The van der Waals surface area contributed by atoms with Crippen LogP contribution in [0.4, 0.5) is 5.69 Å². The molecule has 1 aromatic carbocycles. The monoisotopic (exact) mass is 341 g/mol. The predicted molar refractivity (Wildman–Crippen MR) is 81.6 cm³/mol. The van der Waals surface area contributed by atoms with Crippen LogP contribution in [0.1, 0.15) is 38.2 Å². The van der Waals surface area contributed by atoms with E-state index in [-0.39, 0.29) is 22.6 Å². The summed E-state index contributed by atoms with van der Waals surface area (Å²) in [6, 6.07) is 5.11. The zero-order chi connectivity index (χ0) is 14.7. The molecule has 110 valence electrons. The third-order valence-corrected chi connectivity index (χ3v) is 5.28. The second kappa shape index (κ2) is 6.68. The van der Waals surface area contributed by atoms with E-state index in [0.29, 0.717) is 16.8 Å². The summed E-state index contributed by atoms with van der Waals surface area (Å²) < 4.78 is 0.552. The van der Waals surface area contributed by atoms with Crippen molar-refractivity contribution in [2.24, 2.45) is 11.8 Å². The summed E-state index contributed by atoms with van der Waals surface area (Å²) >= 11 is 3.34. The molecule has 0 radical (unpaired) electrons. The average molecular weight is 342 g/mol. The number of nitrogens with zero attached hydrogens (tertiary/aromatic N) is 1. The van der Waals surface area contributed by atoms with Crippen molar-refractivity contribution < 1.29 is 10.0 Å². The Kier molecular flexibility index (Phi) is 5.16. The molecule has 0 bridgehead atoms. The minimum Gasteiger partial charge on any atom is -0.393 e. The first kappa shape index (κ1) is 15.4. The molecular weight excluding hydrogens is 322 g/mol. The van der Waals surface area contributed by atoms with E-state index in [1.165, 1.54) is 6.07 Å². The van der Waals surface area contributed by atoms with Gasteiger partial charge >= 0.3 is 0 Å². The van der Waals surface area contributed by atoms with Crippen molar-refractivity contribution in [2.75, 3.05) is 0 Å². The predicted octanol–water partition coefficient (Wildman–Crippen LogP) is 4.09. The van der Waals surface area contributed by atoms with Gasteiger partial charge in [-0.3, -0.25) is 10.1 Å². The Morgan fingerprint density at radius 3 is 2.85 bits per heavy atom. The van der Waals surface area contributed by atoms with E-state index < -0.39 is 0 Å². The lowest BCUT2D eigenvalue weighted by Crippen LogP contribution is -2.30.